The Bertz CT molecular complexity index is 275. The molecule has 0 aliphatic heterocycles. The number of rotatable bonds is 10. The molecule has 0 radical (unpaired) electrons. The average Bonchev–Trinajstić information content (AvgIpc) is 2.31. The minimum atomic E-state index is 0.158. The van der Waals surface area contributed by atoms with Crippen LogP contribution < -0.4 is 11.1 Å². The van der Waals surface area contributed by atoms with Gasteiger partial charge in [0, 0.05) is 19.0 Å². The van der Waals surface area contributed by atoms with Crippen molar-refractivity contribution < 1.29 is 4.79 Å². The molecular formula is C16H35N3O. The van der Waals surface area contributed by atoms with Gasteiger partial charge in [-0.3, -0.25) is 4.79 Å². The van der Waals surface area contributed by atoms with E-state index in [0.717, 1.165) is 25.8 Å². The van der Waals surface area contributed by atoms with E-state index < -0.39 is 0 Å². The monoisotopic (exact) mass is 285 g/mol. The molecule has 0 saturated heterocycles. The van der Waals surface area contributed by atoms with Crippen LogP contribution in [-0.2, 0) is 4.79 Å². The Labute approximate surface area is 125 Å². The maximum atomic E-state index is 11.9. The van der Waals surface area contributed by atoms with E-state index in [4.69, 9.17) is 5.73 Å². The Kier molecular flexibility index (Phi) is 9.06. The number of nitrogens with two attached hydrogens (primary N) is 1. The summed E-state index contributed by atoms with van der Waals surface area (Å²) in [6.07, 6.45) is 3.56. The SMILES string of the molecule is CC(C)CC(CNC(=O)CCC(C)(C)CCN)N(C)C. The number of amides is 1. The lowest BCUT2D eigenvalue weighted by Crippen LogP contribution is -2.41. The number of hydrogen-bond donors (Lipinski definition) is 2. The third kappa shape index (κ3) is 9.32. The molecule has 0 heterocycles. The van der Waals surface area contributed by atoms with Gasteiger partial charge in [-0.05, 0) is 51.2 Å². The van der Waals surface area contributed by atoms with Crippen molar-refractivity contribution in [3.05, 3.63) is 0 Å². The van der Waals surface area contributed by atoms with Gasteiger partial charge in [0.15, 0.2) is 0 Å². The standard InChI is InChI=1S/C16H35N3O/c1-13(2)11-14(19(5)6)12-18-15(20)7-8-16(3,4)9-10-17/h13-14H,7-12,17H2,1-6H3,(H,18,20). The Hall–Kier alpha value is -0.610. The summed E-state index contributed by atoms with van der Waals surface area (Å²) in [6, 6.07) is 0.413. The van der Waals surface area contributed by atoms with E-state index >= 15 is 0 Å². The Morgan fingerprint density at radius 1 is 1.25 bits per heavy atom. The van der Waals surface area contributed by atoms with Gasteiger partial charge in [0.2, 0.25) is 5.91 Å². The van der Waals surface area contributed by atoms with Crippen molar-refractivity contribution in [1.29, 1.82) is 0 Å². The number of carbonyl (C=O) groups is 1. The normalized spacial score (nSPS) is 13.8. The maximum absolute atomic E-state index is 11.9. The van der Waals surface area contributed by atoms with Gasteiger partial charge >= 0.3 is 0 Å². The highest BCUT2D eigenvalue weighted by molar-refractivity contribution is 5.75. The fourth-order valence-corrected chi connectivity index (χ4v) is 2.31. The van der Waals surface area contributed by atoms with Gasteiger partial charge in [0.1, 0.15) is 0 Å². The lowest BCUT2D eigenvalue weighted by Gasteiger charge is -2.27. The topological polar surface area (TPSA) is 58.4 Å². The van der Waals surface area contributed by atoms with Gasteiger partial charge < -0.3 is 16.0 Å². The minimum absolute atomic E-state index is 0.158. The predicted molar refractivity (Wildman–Crippen MR) is 86.6 cm³/mol. The van der Waals surface area contributed by atoms with Crippen molar-refractivity contribution in [3.63, 3.8) is 0 Å². The molecule has 0 aliphatic rings. The lowest BCUT2D eigenvalue weighted by atomic mass is 9.84. The molecule has 120 valence electrons. The Balaban J connectivity index is 4.07. The molecule has 0 rings (SSSR count). The second kappa shape index (κ2) is 9.35. The zero-order valence-electron chi connectivity index (χ0n) is 14.3. The molecule has 1 atom stereocenters. The van der Waals surface area contributed by atoms with Crippen molar-refractivity contribution in [3.8, 4) is 0 Å². The maximum Gasteiger partial charge on any atom is 0.220 e. The predicted octanol–water partition coefficient (Wildman–Crippen LogP) is 2.23. The molecule has 3 N–H and O–H groups in total. The van der Waals surface area contributed by atoms with Gasteiger partial charge in [0.25, 0.3) is 0 Å². The van der Waals surface area contributed by atoms with E-state index in [9.17, 15) is 4.79 Å². The molecule has 0 saturated carbocycles. The van der Waals surface area contributed by atoms with Crippen molar-refractivity contribution in [2.24, 2.45) is 17.1 Å². The first-order valence-corrected chi connectivity index (χ1v) is 7.81. The zero-order chi connectivity index (χ0) is 15.8. The van der Waals surface area contributed by atoms with Crippen LogP contribution in [0.4, 0.5) is 0 Å². The Morgan fingerprint density at radius 3 is 2.30 bits per heavy atom. The summed E-state index contributed by atoms with van der Waals surface area (Å²) in [4.78, 5) is 14.1. The van der Waals surface area contributed by atoms with Crippen molar-refractivity contribution >= 4 is 5.91 Å². The van der Waals surface area contributed by atoms with Crippen LogP contribution in [0.1, 0.15) is 53.4 Å². The summed E-state index contributed by atoms with van der Waals surface area (Å²) in [5.41, 5.74) is 5.75. The third-order valence-corrected chi connectivity index (χ3v) is 3.86. The molecule has 1 amide bonds. The largest absolute Gasteiger partial charge is 0.355 e. The van der Waals surface area contributed by atoms with Crippen molar-refractivity contribution in [1.82, 2.24) is 10.2 Å². The Morgan fingerprint density at radius 2 is 1.85 bits per heavy atom. The van der Waals surface area contributed by atoms with Crippen molar-refractivity contribution in [2.45, 2.75) is 59.4 Å². The summed E-state index contributed by atoms with van der Waals surface area (Å²) in [5, 5.41) is 3.07. The van der Waals surface area contributed by atoms with E-state index in [-0.39, 0.29) is 11.3 Å². The van der Waals surface area contributed by atoms with E-state index in [2.05, 4.69) is 52.0 Å². The van der Waals surface area contributed by atoms with Gasteiger partial charge in [0.05, 0.1) is 0 Å². The highest BCUT2D eigenvalue weighted by atomic mass is 16.1. The van der Waals surface area contributed by atoms with Crippen LogP contribution in [0.15, 0.2) is 0 Å². The summed E-state index contributed by atoms with van der Waals surface area (Å²) in [7, 11) is 4.15. The lowest BCUT2D eigenvalue weighted by molar-refractivity contribution is -0.121. The van der Waals surface area contributed by atoms with Gasteiger partial charge in [-0.25, -0.2) is 0 Å². The second-order valence-electron chi connectivity index (χ2n) is 7.25. The number of nitrogens with zero attached hydrogens (tertiary/aromatic N) is 1. The molecule has 0 aromatic heterocycles. The molecule has 20 heavy (non-hydrogen) atoms. The minimum Gasteiger partial charge on any atom is -0.355 e. The smallest absolute Gasteiger partial charge is 0.220 e. The van der Waals surface area contributed by atoms with E-state index in [0.29, 0.717) is 24.9 Å². The van der Waals surface area contributed by atoms with Crippen LogP contribution in [0.2, 0.25) is 0 Å². The fraction of sp³-hybridized carbons (Fsp3) is 0.938. The van der Waals surface area contributed by atoms with Crippen LogP contribution in [0, 0.1) is 11.3 Å². The third-order valence-electron chi connectivity index (χ3n) is 3.86. The molecule has 0 aromatic rings. The van der Waals surface area contributed by atoms with Crippen molar-refractivity contribution in [2.75, 3.05) is 27.2 Å². The number of nitrogens with one attached hydrogen (secondary N) is 1. The second-order valence-corrected chi connectivity index (χ2v) is 7.25. The molecule has 0 bridgehead atoms. The van der Waals surface area contributed by atoms with Gasteiger partial charge in [-0.2, -0.15) is 0 Å². The van der Waals surface area contributed by atoms with Gasteiger partial charge in [-0.1, -0.05) is 27.7 Å². The van der Waals surface area contributed by atoms with E-state index in [1.54, 1.807) is 0 Å². The molecule has 4 heteroatoms. The number of hydrogen-bond acceptors (Lipinski definition) is 3. The quantitative estimate of drug-likeness (QED) is 0.647. The molecular weight excluding hydrogens is 250 g/mol. The summed E-state index contributed by atoms with van der Waals surface area (Å²) < 4.78 is 0. The fourth-order valence-electron chi connectivity index (χ4n) is 2.31. The molecule has 0 spiro atoms. The van der Waals surface area contributed by atoms with Crippen LogP contribution in [0.25, 0.3) is 0 Å². The van der Waals surface area contributed by atoms with Crippen LogP contribution in [0.5, 0.6) is 0 Å². The van der Waals surface area contributed by atoms with E-state index in [1.807, 2.05) is 0 Å². The van der Waals surface area contributed by atoms with Crippen LogP contribution >= 0.6 is 0 Å². The van der Waals surface area contributed by atoms with Crippen LogP contribution in [-0.4, -0.2) is 44.0 Å². The summed E-state index contributed by atoms with van der Waals surface area (Å²) in [5.74, 6) is 0.800. The molecule has 0 fully saturated rings. The van der Waals surface area contributed by atoms with Gasteiger partial charge in [-0.15, -0.1) is 0 Å². The first kappa shape index (κ1) is 19.4. The first-order valence-electron chi connectivity index (χ1n) is 7.81. The van der Waals surface area contributed by atoms with Crippen LogP contribution in [0.3, 0.4) is 0 Å². The zero-order valence-corrected chi connectivity index (χ0v) is 14.3. The molecule has 0 aliphatic carbocycles. The highest BCUT2D eigenvalue weighted by Gasteiger charge is 2.19. The summed E-state index contributed by atoms with van der Waals surface area (Å²) >= 11 is 0. The highest BCUT2D eigenvalue weighted by Crippen LogP contribution is 2.25. The number of likely N-dealkylation sites (N-methyl/N-ethyl adjacent to an activating group) is 1. The number of carbonyl (C=O) groups excluding carboxylic acids is 1. The van der Waals surface area contributed by atoms with E-state index in [1.165, 1.54) is 0 Å². The molecule has 0 aromatic carbocycles. The average molecular weight is 285 g/mol. The summed E-state index contributed by atoms with van der Waals surface area (Å²) in [6.45, 7) is 10.2. The first-order chi connectivity index (χ1) is 9.18. The molecule has 4 nitrogen and oxygen atoms in total. The molecule has 1 unspecified atom stereocenters.